The monoisotopic (exact) mass is 392 g/mol. The van der Waals surface area contributed by atoms with Crippen LogP contribution in [0.15, 0.2) is 54.6 Å². The molecule has 1 heterocycles. The molecule has 6 heteroatoms. The molecule has 6 nitrogen and oxygen atoms in total. The van der Waals surface area contributed by atoms with Crippen molar-refractivity contribution in [2.75, 3.05) is 6.54 Å². The first-order valence-electron chi connectivity index (χ1n) is 10.1. The van der Waals surface area contributed by atoms with Gasteiger partial charge in [0.2, 0.25) is 11.8 Å². The summed E-state index contributed by atoms with van der Waals surface area (Å²) in [5.41, 5.74) is 2.84. The first-order valence-corrected chi connectivity index (χ1v) is 10.1. The number of fused-ring (bicyclic) bond motifs is 1. The van der Waals surface area contributed by atoms with Crippen LogP contribution >= 0.6 is 0 Å². The van der Waals surface area contributed by atoms with Crippen molar-refractivity contribution in [3.63, 3.8) is 0 Å². The van der Waals surface area contributed by atoms with Crippen LogP contribution < -0.4 is 10.6 Å². The van der Waals surface area contributed by atoms with Crippen LogP contribution in [0.1, 0.15) is 44.1 Å². The zero-order valence-electron chi connectivity index (χ0n) is 17.0. The van der Waals surface area contributed by atoms with Crippen molar-refractivity contribution in [3.8, 4) is 0 Å². The second kappa shape index (κ2) is 9.87. The van der Waals surface area contributed by atoms with E-state index in [1.165, 1.54) is 0 Å². The number of imidazole rings is 1. The summed E-state index contributed by atoms with van der Waals surface area (Å²) in [5.74, 6) is 0.774. The number of aromatic nitrogens is 2. The van der Waals surface area contributed by atoms with E-state index in [9.17, 15) is 9.59 Å². The minimum atomic E-state index is -0.0738. The standard InChI is InChI=1S/C23H28N4O2/c1-3-9-22(28)24-15-14-21-26-19-12-7-8-13-20(19)27(21)16-23(29)25-17(2)18-10-5-4-6-11-18/h4-8,10-13,17H,3,9,14-16H2,1-2H3,(H,24,28)(H,25,29). The summed E-state index contributed by atoms with van der Waals surface area (Å²) >= 11 is 0. The summed E-state index contributed by atoms with van der Waals surface area (Å²) in [6, 6.07) is 17.6. The number of hydrogen-bond acceptors (Lipinski definition) is 3. The van der Waals surface area contributed by atoms with Crippen LogP contribution in [-0.4, -0.2) is 27.9 Å². The Morgan fingerprint density at radius 3 is 2.52 bits per heavy atom. The van der Waals surface area contributed by atoms with Crippen LogP contribution in [0.2, 0.25) is 0 Å². The van der Waals surface area contributed by atoms with E-state index < -0.39 is 0 Å². The normalized spacial score (nSPS) is 11.9. The third kappa shape index (κ3) is 5.44. The first kappa shape index (κ1) is 20.6. The molecular formula is C23H28N4O2. The lowest BCUT2D eigenvalue weighted by Crippen LogP contribution is -2.31. The smallest absolute Gasteiger partial charge is 0.240 e. The molecule has 1 unspecified atom stereocenters. The molecule has 1 aromatic heterocycles. The molecule has 2 aromatic carbocycles. The lowest BCUT2D eigenvalue weighted by Gasteiger charge is -2.16. The molecule has 0 aliphatic rings. The molecule has 0 spiro atoms. The van der Waals surface area contributed by atoms with Crippen molar-refractivity contribution in [1.82, 2.24) is 20.2 Å². The van der Waals surface area contributed by atoms with Gasteiger partial charge in [-0.2, -0.15) is 0 Å². The van der Waals surface area contributed by atoms with Crippen molar-refractivity contribution in [1.29, 1.82) is 0 Å². The highest BCUT2D eigenvalue weighted by Crippen LogP contribution is 2.17. The average Bonchev–Trinajstić information content (AvgIpc) is 3.06. The van der Waals surface area contributed by atoms with Gasteiger partial charge in [-0.15, -0.1) is 0 Å². The molecule has 0 aliphatic carbocycles. The summed E-state index contributed by atoms with van der Waals surface area (Å²) < 4.78 is 1.94. The molecule has 0 saturated carbocycles. The highest BCUT2D eigenvalue weighted by molar-refractivity contribution is 5.81. The number of nitrogens with one attached hydrogen (secondary N) is 2. The zero-order chi connectivity index (χ0) is 20.6. The van der Waals surface area contributed by atoms with E-state index in [4.69, 9.17) is 0 Å². The summed E-state index contributed by atoms with van der Waals surface area (Å²) in [6.45, 7) is 4.65. The Balaban J connectivity index is 1.71. The predicted octanol–water partition coefficient (Wildman–Crippen LogP) is 3.37. The Bertz CT molecular complexity index is 965. The fourth-order valence-electron chi connectivity index (χ4n) is 3.38. The number of benzene rings is 2. The molecule has 1 atom stereocenters. The largest absolute Gasteiger partial charge is 0.356 e. The van der Waals surface area contributed by atoms with Crippen LogP contribution in [-0.2, 0) is 22.6 Å². The average molecular weight is 393 g/mol. The van der Waals surface area contributed by atoms with Crippen molar-refractivity contribution < 1.29 is 9.59 Å². The molecule has 3 rings (SSSR count). The molecule has 0 fully saturated rings. The second-order valence-electron chi connectivity index (χ2n) is 7.15. The van der Waals surface area contributed by atoms with Gasteiger partial charge in [0.05, 0.1) is 17.1 Å². The topological polar surface area (TPSA) is 76.0 Å². The number of hydrogen-bond donors (Lipinski definition) is 2. The molecule has 2 amide bonds. The first-order chi connectivity index (χ1) is 14.1. The van der Waals surface area contributed by atoms with Gasteiger partial charge >= 0.3 is 0 Å². The Hall–Kier alpha value is -3.15. The van der Waals surface area contributed by atoms with Gasteiger partial charge in [0, 0.05) is 19.4 Å². The number of nitrogens with zero attached hydrogens (tertiary/aromatic N) is 2. The number of carbonyl (C=O) groups is 2. The summed E-state index contributed by atoms with van der Waals surface area (Å²) in [4.78, 5) is 29.1. The van der Waals surface area contributed by atoms with Gasteiger partial charge in [0.1, 0.15) is 12.4 Å². The summed E-state index contributed by atoms with van der Waals surface area (Å²) in [7, 11) is 0. The SMILES string of the molecule is CCCC(=O)NCCc1nc2ccccc2n1CC(=O)NC(C)c1ccccc1. The van der Waals surface area contributed by atoms with Crippen LogP contribution in [0.5, 0.6) is 0 Å². The fourth-order valence-corrected chi connectivity index (χ4v) is 3.38. The molecule has 2 N–H and O–H groups in total. The maximum atomic E-state index is 12.7. The van der Waals surface area contributed by atoms with Crippen molar-refractivity contribution in [3.05, 3.63) is 66.0 Å². The lowest BCUT2D eigenvalue weighted by molar-refractivity contribution is -0.122. The van der Waals surface area contributed by atoms with Crippen LogP contribution in [0.25, 0.3) is 11.0 Å². The van der Waals surface area contributed by atoms with Gasteiger partial charge in [-0.1, -0.05) is 49.4 Å². The maximum absolute atomic E-state index is 12.7. The van der Waals surface area contributed by atoms with Gasteiger partial charge < -0.3 is 15.2 Å². The molecule has 0 aliphatic heterocycles. The summed E-state index contributed by atoms with van der Waals surface area (Å²) in [6.07, 6.45) is 1.92. The predicted molar refractivity (Wildman–Crippen MR) is 114 cm³/mol. The molecule has 29 heavy (non-hydrogen) atoms. The van der Waals surface area contributed by atoms with E-state index in [0.29, 0.717) is 19.4 Å². The molecule has 152 valence electrons. The number of para-hydroxylation sites is 2. The minimum Gasteiger partial charge on any atom is -0.356 e. The van der Waals surface area contributed by atoms with E-state index in [1.807, 2.05) is 73.0 Å². The van der Waals surface area contributed by atoms with Crippen LogP contribution in [0, 0.1) is 0 Å². The number of carbonyl (C=O) groups excluding carboxylic acids is 2. The zero-order valence-corrected chi connectivity index (χ0v) is 17.0. The number of rotatable bonds is 9. The Morgan fingerprint density at radius 1 is 1.03 bits per heavy atom. The molecule has 0 saturated heterocycles. The third-order valence-electron chi connectivity index (χ3n) is 4.86. The van der Waals surface area contributed by atoms with Gasteiger partial charge in [0.15, 0.2) is 0 Å². The Labute approximate surface area is 171 Å². The highest BCUT2D eigenvalue weighted by atomic mass is 16.2. The van der Waals surface area contributed by atoms with Crippen LogP contribution in [0.4, 0.5) is 0 Å². The van der Waals surface area contributed by atoms with Gasteiger partial charge in [-0.25, -0.2) is 4.98 Å². The van der Waals surface area contributed by atoms with Gasteiger partial charge in [0.25, 0.3) is 0 Å². The highest BCUT2D eigenvalue weighted by Gasteiger charge is 2.15. The molecule has 3 aromatic rings. The van der Waals surface area contributed by atoms with Gasteiger partial charge in [-0.3, -0.25) is 9.59 Å². The van der Waals surface area contributed by atoms with E-state index >= 15 is 0 Å². The van der Waals surface area contributed by atoms with Crippen molar-refractivity contribution >= 4 is 22.8 Å². The van der Waals surface area contributed by atoms with Gasteiger partial charge in [-0.05, 0) is 31.0 Å². The Kier molecular flexibility index (Phi) is 7.00. The van der Waals surface area contributed by atoms with E-state index in [2.05, 4.69) is 15.6 Å². The van der Waals surface area contributed by atoms with E-state index in [1.54, 1.807) is 0 Å². The third-order valence-corrected chi connectivity index (χ3v) is 4.86. The fraction of sp³-hybridized carbons (Fsp3) is 0.348. The maximum Gasteiger partial charge on any atom is 0.240 e. The van der Waals surface area contributed by atoms with Crippen molar-refractivity contribution in [2.45, 2.75) is 45.7 Å². The molecule has 0 radical (unpaired) electrons. The molecule has 0 bridgehead atoms. The van der Waals surface area contributed by atoms with Crippen LogP contribution in [0.3, 0.4) is 0 Å². The Morgan fingerprint density at radius 2 is 1.76 bits per heavy atom. The second-order valence-corrected chi connectivity index (χ2v) is 7.15. The van der Waals surface area contributed by atoms with Crippen molar-refractivity contribution in [2.24, 2.45) is 0 Å². The van der Waals surface area contributed by atoms with E-state index in [0.717, 1.165) is 28.8 Å². The van der Waals surface area contributed by atoms with E-state index in [-0.39, 0.29) is 24.4 Å². The molecular weight excluding hydrogens is 364 g/mol. The number of amides is 2. The lowest BCUT2D eigenvalue weighted by atomic mass is 10.1. The minimum absolute atomic E-state index is 0.0459. The quantitative estimate of drug-likeness (QED) is 0.586. The summed E-state index contributed by atoms with van der Waals surface area (Å²) in [5, 5.41) is 5.98.